The van der Waals surface area contributed by atoms with Gasteiger partial charge in [0.05, 0.1) is 5.75 Å². The van der Waals surface area contributed by atoms with Gasteiger partial charge in [-0.05, 0) is 42.8 Å². The quantitative estimate of drug-likeness (QED) is 0.261. The number of carbonyl (C=O) groups is 2. The molecule has 0 bridgehead atoms. The van der Waals surface area contributed by atoms with Gasteiger partial charge < -0.3 is 14.5 Å². The van der Waals surface area contributed by atoms with Gasteiger partial charge in [-0.3, -0.25) is 14.8 Å². The molecule has 2 amide bonds. The van der Waals surface area contributed by atoms with Crippen LogP contribution in [0.4, 0.5) is 0 Å². The molecule has 1 aromatic heterocycles. The minimum absolute atomic E-state index is 0.0526. The van der Waals surface area contributed by atoms with E-state index in [1.807, 2.05) is 12.1 Å². The van der Waals surface area contributed by atoms with Crippen LogP contribution in [0.15, 0.2) is 59.0 Å². The van der Waals surface area contributed by atoms with E-state index in [2.05, 4.69) is 5.32 Å². The van der Waals surface area contributed by atoms with Crippen LogP contribution in [-0.4, -0.2) is 43.7 Å². The number of carbonyl (C=O) groups excluding carboxylic acids is 2. The van der Waals surface area contributed by atoms with Crippen molar-refractivity contribution in [2.24, 2.45) is 0 Å². The second-order valence-electron chi connectivity index (χ2n) is 6.97. The van der Waals surface area contributed by atoms with Gasteiger partial charge in [-0.25, -0.2) is 13.9 Å². The van der Waals surface area contributed by atoms with Gasteiger partial charge in [-0.2, -0.15) is 0 Å². The molecule has 2 aromatic carbocycles. The number of sulfone groups is 1. The van der Waals surface area contributed by atoms with Crippen LogP contribution in [-0.2, 0) is 9.84 Å². The summed E-state index contributed by atoms with van der Waals surface area (Å²) in [7, 11) is -3.16. The summed E-state index contributed by atoms with van der Waals surface area (Å²) >= 11 is 0. The number of hydroxylamine groups is 1. The fourth-order valence-electron chi connectivity index (χ4n) is 2.92. The number of nitrogens with one attached hydrogen (secondary N) is 2. The standard InChI is InChI=1S/C21H22N2O7S/c1-31(27,28)12-4-7-19(29-16-10-8-14(9-11-16)20(24)23-26)22-21(25)18-13-15-5-2-3-6-17(15)30-18/h2-3,5-6,8-11,13,19,26H,4,7,12H2,1H3,(H,22,25)(H,23,24). The Balaban J connectivity index is 1.73. The molecule has 0 aliphatic heterocycles. The first-order chi connectivity index (χ1) is 14.7. The zero-order valence-corrected chi connectivity index (χ0v) is 17.5. The average Bonchev–Trinajstić information content (AvgIpc) is 3.17. The molecule has 0 aliphatic rings. The van der Waals surface area contributed by atoms with E-state index in [1.54, 1.807) is 18.2 Å². The molecule has 3 N–H and O–H groups in total. The maximum atomic E-state index is 12.7. The van der Waals surface area contributed by atoms with E-state index in [9.17, 15) is 18.0 Å². The van der Waals surface area contributed by atoms with E-state index < -0.39 is 27.9 Å². The van der Waals surface area contributed by atoms with Crippen molar-refractivity contribution in [1.29, 1.82) is 0 Å². The lowest BCUT2D eigenvalue weighted by Gasteiger charge is -2.20. The average molecular weight is 446 g/mol. The Hall–Kier alpha value is -3.37. The molecule has 164 valence electrons. The van der Waals surface area contributed by atoms with Gasteiger partial charge in [0.15, 0.2) is 12.0 Å². The number of ether oxygens (including phenoxy) is 1. The van der Waals surface area contributed by atoms with E-state index in [1.165, 1.54) is 29.7 Å². The van der Waals surface area contributed by atoms with Gasteiger partial charge in [0.1, 0.15) is 21.2 Å². The van der Waals surface area contributed by atoms with Crippen LogP contribution in [0.3, 0.4) is 0 Å². The van der Waals surface area contributed by atoms with Crippen LogP contribution in [0.25, 0.3) is 11.0 Å². The van der Waals surface area contributed by atoms with Crippen LogP contribution in [0, 0.1) is 0 Å². The van der Waals surface area contributed by atoms with Crippen LogP contribution in [0.5, 0.6) is 5.75 Å². The molecule has 1 heterocycles. The van der Waals surface area contributed by atoms with Gasteiger partial charge >= 0.3 is 0 Å². The molecular weight excluding hydrogens is 424 g/mol. The molecule has 0 aliphatic carbocycles. The Bertz CT molecular complexity index is 1140. The van der Waals surface area contributed by atoms with E-state index in [-0.39, 0.29) is 29.9 Å². The number of fused-ring (bicyclic) bond motifs is 1. The first kappa shape index (κ1) is 22.3. The third-order valence-corrected chi connectivity index (χ3v) is 5.45. The van der Waals surface area contributed by atoms with Crippen molar-refractivity contribution in [1.82, 2.24) is 10.8 Å². The summed E-state index contributed by atoms with van der Waals surface area (Å²) < 4.78 is 34.2. The summed E-state index contributed by atoms with van der Waals surface area (Å²) in [5.74, 6) is -0.772. The molecule has 0 fully saturated rings. The summed E-state index contributed by atoms with van der Waals surface area (Å²) in [4.78, 5) is 24.1. The first-order valence-electron chi connectivity index (χ1n) is 9.43. The number of amides is 2. The van der Waals surface area contributed by atoms with Crippen LogP contribution >= 0.6 is 0 Å². The van der Waals surface area contributed by atoms with E-state index >= 15 is 0 Å². The van der Waals surface area contributed by atoms with Crippen molar-refractivity contribution < 1.29 is 32.4 Å². The minimum Gasteiger partial charge on any atom is -0.471 e. The highest BCUT2D eigenvalue weighted by atomic mass is 32.2. The molecule has 1 atom stereocenters. The Morgan fingerprint density at radius 2 is 1.81 bits per heavy atom. The third kappa shape index (κ3) is 6.30. The Labute approximate surface area is 178 Å². The molecule has 9 nitrogen and oxygen atoms in total. The molecule has 31 heavy (non-hydrogen) atoms. The predicted molar refractivity (Wildman–Crippen MR) is 113 cm³/mol. The Morgan fingerprint density at radius 1 is 1.10 bits per heavy atom. The maximum Gasteiger partial charge on any atom is 0.289 e. The van der Waals surface area contributed by atoms with Crippen molar-refractivity contribution in [3.63, 3.8) is 0 Å². The summed E-state index contributed by atoms with van der Waals surface area (Å²) in [5.41, 5.74) is 2.32. The van der Waals surface area contributed by atoms with Crippen LogP contribution < -0.4 is 15.5 Å². The summed E-state index contributed by atoms with van der Waals surface area (Å²) in [5, 5.41) is 12.2. The number of hydrogen-bond donors (Lipinski definition) is 3. The highest BCUT2D eigenvalue weighted by molar-refractivity contribution is 7.90. The first-order valence-corrected chi connectivity index (χ1v) is 11.5. The summed E-state index contributed by atoms with van der Waals surface area (Å²) in [6.07, 6.45) is 0.813. The third-order valence-electron chi connectivity index (χ3n) is 4.42. The number of para-hydroxylation sites is 1. The second kappa shape index (κ2) is 9.63. The van der Waals surface area contributed by atoms with Gasteiger partial charge in [-0.15, -0.1) is 0 Å². The van der Waals surface area contributed by atoms with Crippen molar-refractivity contribution >= 4 is 32.6 Å². The molecule has 0 radical (unpaired) electrons. The van der Waals surface area contributed by atoms with E-state index in [0.29, 0.717) is 11.3 Å². The summed E-state index contributed by atoms with van der Waals surface area (Å²) in [6.45, 7) is 0. The van der Waals surface area contributed by atoms with Gasteiger partial charge in [0.2, 0.25) is 0 Å². The molecule has 3 rings (SSSR count). The van der Waals surface area contributed by atoms with Crippen molar-refractivity contribution in [3.8, 4) is 5.75 Å². The largest absolute Gasteiger partial charge is 0.471 e. The molecular formula is C21H22N2O7S. The highest BCUT2D eigenvalue weighted by Crippen LogP contribution is 2.20. The smallest absolute Gasteiger partial charge is 0.289 e. The van der Waals surface area contributed by atoms with Crippen molar-refractivity contribution in [2.75, 3.05) is 12.0 Å². The lowest BCUT2D eigenvalue weighted by molar-refractivity contribution is 0.0706. The van der Waals surface area contributed by atoms with Gasteiger partial charge in [0, 0.05) is 23.6 Å². The fraction of sp³-hybridized carbons (Fsp3) is 0.238. The van der Waals surface area contributed by atoms with Gasteiger partial charge in [-0.1, -0.05) is 18.2 Å². The number of benzene rings is 2. The molecule has 0 saturated heterocycles. The number of hydrogen-bond acceptors (Lipinski definition) is 7. The van der Waals surface area contributed by atoms with Crippen molar-refractivity contribution in [2.45, 2.75) is 19.1 Å². The zero-order valence-electron chi connectivity index (χ0n) is 16.7. The molecule has 3 aromatic rings. The molecule has 0 spiro atoms. The predicted octanol–water partition coefficient (Wildman–Crippen LogP) is 2.51. The normalized spacial score (nSPS) is 12.3. The molecule has 10 heteroatoms. The Kier molecular flexibility index (Phi) is 6.93. The van der Waals surface area contributed by atoms with Crippen LogP contribution in [0.1, 0.15) is 33.8 Å². The Morgan fingerprint density at radius 3 is 2.45 bits per heavy atom. The number of furan rings is 1. The second-order valence-corrected chi connectivity index (χ2v) is 9.23. The monoisotopic (exact) mass is 446 g/mol. The van der Waals surface area contributed by atoms with Crippen molar-refractivity contribution in [3.05, 3.63) is 65.9 Å². The SMILES string of the molecule is CS(=O)(=O)CCCC(NC(=O)c1cc2ccccc2o1)Oc1ccc(C(=O)NO)cc1. The maximum absolute atomic E-state index is 12.7. The number of rotatable bonds is 9. The van der Waals surface area contributed by atoms with E-state index in [4.69, 9.17) is 14.4 Å². The van der Waals surface area contributed by atoms with E-state index in [0.717, 1.165) is 11.6 Å². The fourth-order valence-corrected chi connectivity index (χ4v) is 3.61. The van der Waals surface area contributed by atoms with Gasteiger partial charge in [0.25, 0.3) is 11.8 Å². The highest BCUT2D eigenvalue weighted by Gasteiger charge is 2.19. The molecule has 0 saturated carbocycles. The lowest BCUT2D eigenvalue weighted by Crippen LogP contribution is -2.39. The molecule has 1 unspecified atom stereocenters. The zero-order chi connectivity index (χ0) is 22.4. The summed E-state index contributed by atoms with van der Waals surface area (Å²) in [6, 6.07) is 14.7. The minimum atomic E-state index is -3.16. The topological polar surface area (TPSA) is 135 Å². The lowest BCUT2D eigenvalue weighted by atomic mass is 10.2. The van der Waals surface area contributed by atoms with Crippen LogP contribution in [0.2, 0.25) is 0 Å².